The number of benzene rings is 3. The number of carbonyl (C=O) groups is 1. The molecule has 0 radical (unpaired) electrons. The lowest BCUT2D eigenvalue weighted by Crippen LogP contribution is -2.28. The maximum Gasteiger partial charge on any atom is 0.271 e. The molecule has 0 bridgehead atoms. The molecular weight excluding hydrogens is 630 g/mol. The maximum atomic E-state index is 13.6. The van der Waals surface area contributed by atoms with E-state index in [2.05, 4.69) is 29.5 Å². The van der Waals surface area contributed by atoms with Gasteiger partial charge in [-0.15, -0.1) is 0 Å². The van der Waals surface area contributed by atoms with Crippen LogP contribution in [-0.4, -0.2) is 24.3 Å². The molecule has 5 nitrogen and oxygen atoms in total. The number of amidine groups is 1. The van der Waals surface area contributed by atoms with Crippen LogP contribution in [0.4, 0.5) is 11.4 Å². The van der Waals surface area contributed by atoms with E-state index in [9.17, 15) is 4.79 Å². The third kappa shape index (κ3) is 6.37. The number of carbonyl (C=O) groups excluding carboxylic acids is 1. The Bertz CT molecular complexity index is 1310. The number of hydrogen-bond donors (Lipinski definition) is 0. The fourth-order valence-corrected chi connectivity index (χ4v) is 5.46. The number of nitrogens with zero attached hydrogens (tertiary/aromatic N) is 2. The molecule has 3 aromatic carbocycles. The average Bonchev–Trinajstić information content (AvgIpc) is 3.15. The first-order valence-electron chi connectivity index (χ1n) is 11.3. The fraction of sp³-hybridized carbons (Fsp3) is 0.185. The summed E-state index contributed by atoms with van der Waals surface area (Å²) in [6, 6.07) is 18.2. The minimum Gasteiger partial charge on any atom is -0.490 e. The van der Waals surface area contributed by atoms with Gasteiger partial charge >= 0.3 is 0 Å². The molecule has 3 aromatic rings. The molecule has 1 aliphatic rings. The summed E-state index contributed by atoms with van der Waals surface area (Å²) in [5, 5.41) is 1.75. The molecule has 9 heteroatoms. The first kappa shape index (κ1) is 26.9. The van der Waals surface area contributed by atoms with Crippen molar-refractivity contribution in [1.29, 1.82) is 0 Å². The topological polar surface area (TPSA) is 51.1 Å². The van der Waals surface area contributed by atoms with Crippen molar-refractivity contribution in [3.05, 3.63) is 84.7 Å². The minimum absolute atomic E-state index is 0.172. The molecule has 0 aromatic heterocycles. The van der Waals surface area contributed by atoms with Gasteiger partial charge in [-0.1, -0.05) is 30.1 Å². The molecule has 0 saturated carbocycles. The Labute approximate surface area is 238 Å². The Morgan fingerprint density at radius 1 is 1.00 bits per heavy atom. The van der Waals surface area contributed by atoms with E-state index in [-0.39, 0.29) is 5.91 Å². The van der Waals surface area contributed by atoms with Gasteiger partial charge in [0.25, 0.3) is 5.91 Å². The van der Waals surface area contributed by atoms with Crippen LogP contribution >= 0.6 is 57.6 Å². The van der Waals surface area contributed by atoms with Crippen molar-refractivity contribution in [3.8, 4) is 11.5 Å². The van der Waals surface area contributed by atoms with Crippen LogP contribution in [0.25, 0.3) is 6.08 Å². The fourth-order valence-electron chi connectivity index (χ4n) is 3.42. The summed E-state index contributed by atoms with van der Waals surface area (Å²) >= 11 is 15.7. The van der Waals surface area contributed by atoms with Crippen LogP contribution in [0.5, 0.6) is 11.5 Å². The molecule has 0 N–H and O–H groups in total. The van der Waals surface area contributed by atoms with E-state index in [0.717, 1.165) is 21.3 Å². The number of thioether (sulfide) groups is 1. The number of amides is 1. The molecule has 0 aliphatic carbocycles. The summed E-state index contributed by atoms with van der Waals surface area (Å²) in [5.41, 5.74) is 2.22. The summed E-state index contributed by atoms with van der Waals surface area (Å²) in [7, 11) is 0. The SMILES string of the molecule is CCCOc1c(I)cc(/C=C2\SC(=Nc3ccc(Cl)cc3)N(c3ccc(Cl)cc3)C2=O)cc1OCC. The maximum absolute atomic E-state index is 13.6. The number of anilines is 1. The van der Waals surface area contributed by atoms with Crippen LogP contribution in [-0.2, 0) is 4.79 Å². The van der Waals surface area contributed by atoms with Gasteiger partial charge < -0.3 is 9.47 Å². The molecule has 1 fully saturated rings. The van der Waals surface area contributed by atoms with Crippen LogP contribution in [0, 0.1) is 3.57 Å². The van der Waals surface area contributed by atoms with Gasteiger partial charge in [0.2, 0.25) is 0 Å². The van der Waals surface area contributed by atoms with Gasteiger partial charge in [-0.2, -0.15) is 0 Å². The number of ether oxygens (including phenoxy) is 2. The molecule has 4 rings (SSSR count). The van der Waals surface area contributed by atoms with E-state index >= 15 is 0 Å². The average molecular weight is 653 g/mol. The first-order valence-corrected chi connectivity index (χ1v) is 14.0. The van der Waals surface area contributed by atoms with Crippen LogP contribution in [0.3, 0.4) is 0 Å². The summed E-state index contributed by atoms with van der Waals surface area (Å²) in [6.07, 6.45) is 2.75. The molecule has 1 aliphatic heterocycles. The van der Waals surface area contributed by atoms with Gasteiger partial charge in [0.15, 0.2) is 16.7 Å². The van der Waals surface area contributed by atoms with Crippen molar-refractivity contribution >= 4 is 86.1 Å². The highest BCUT2D eigenvalue weighted by Gasteiger charge is 2.35. The number of rotatable bonds is 8. The second-order valence-corrected chi connectivity index (χ2v) is 10.8. The zero-order valence-electron chi connectivity index (χ0n) is 19.6. The molecule has 0 spiro atoms. The Morgan fingerprint density at radius 2 is 1.67 bits per heavy atom. The van der Waals surface area contributed by atoms with E-state index in [1.54, 1.807) is 41.3 Å². The summed E-state index contributed by atoms with van der Waals surface area (Å²) in [5.74, 6) is 1.21. The number of hydrogen-bond acceptors (Lipinski definition) is 5. The summed E-state index contributed by atoms with van der Waals surface area (Å²) in [6.45, 7) is 5.10. The second-order valence-electron chi connectivity index (χ2n) is 7.71. The van der Waals surface area contributed by atoms with E-state index in [1.807, 2.05) is 37.3 Å². The normalized spacial score (nSPS) is 15.7. The minimum atomic E-state index is -0.172. The highest BCUT2D eigenvalue weighted by Crippen LogP contribution is 2.40. The van der Waals surface area contributed by atoms with Crippen molar-refractivity contribution in [2.24, 2.45) is 4.99 Å². The van der Waals surface area contributed by atoms with Crippen molar-refractivity contribution < 1.29 is 14.3 Å². The lowest BCUT2D eigenvalue weighted by molar-refractivity contribution is -0.113. The zero-order valence-corrected chi connectivity index (χ0v) is 24.1. The van der Waals surface area contributed by atoms with Gasteiger partial charge in [0, 0.05) is 10.0 Å². The van der Waals surface area contributed by atoms with Gasteiger partial charge in [0.1, 0.15) is 0 Å². The van der Waals surface area contributed by atoms with E-state index in [0.29, 0.717) is 50.5 Å². The molecule has 1 amide bonds. The lowest BCUT2D eigenvalue weighted by Gasteiger charge is -2.16. The van der Waals surface area contributed by atoms with Crippen LogP contribution < -0.4 is 14.4 Å². The van der Waals surface area contributed by atoms with Crippen molar-refractivity contribution in [3.63, 3.8) is 0 Å². The summed E-state index contributed by atoms with van der Waals surface area (Å²) in [4.78, 5) is 20.5. The Hall–Kier alpha value is -2.20. The van der Waals surface area contributed by atoms with Gasteiger partial charge in [-0.05, 0) is 120 Å². The molecule has 186 valence electrons. The summed E-state index contributed by atoms with van der Waals surface area (Å²) < 4.78 is 12.7. The second kappa shape index (κ2) is 12.4. The van der Waals surface area contributed by atoms with Crippen molar-refractivity contribution in [2.75, 3.05) is 18.1 Å². The standard InChI is InChI=1S/C27H23Cl2IN2O3S/c1-3-13-35-25-22(30)14-17(15-23(25)34-4-2)16-24-26(33)32(21-11-7-19(29)8-12-21)27(36-24)31-20-9-5-18(28)6-10-20/h5-12,14-16H,3-4,13H2,1-2H3/b24-16-,31-27?. The predicted molar refractivity (Wildman–Crippen MR) is 159 cm³/mol. The van der Waals surface area contributed by atoms with Crippen molar-refractivity contribution in [2.45, 2.75) is 20.3 Å². The number of halogens is 3. The van der Waals surface area contributed by atoms with Crippen LogP contribution in [0.15, 0.2) is 70.6 Å². The Morgan fingerprint density at radius 3 is 2.31 bits per heavy atom. The van der Waals surface area contributed by atoms with Gasteiger partial charge in [-0.3, -0.25) is 9.69 Å². The quantitative estimate of drug-likeness (QED) is 0.181. The van der Waals surface area contributed by atoms with Crippen LogP contribution in [0.1, 0.15) is 25.8 Å². The molecule has 1 heterocycles. The first-order chi connectivity index (χ1) is 17.4. The molecular formula is C27H23Cl2IN2O3S. The van der Waals surface area contributed by atoms with Crippen molar-refractivity contribution in [1.82, 2.24) is 0 Å². The highest BCUT2D eigenvalue weighted by atomic mass is 127. The third-order valence-corrected chi connectivity index (χ3v) is 7.30. The monoisotopic (exact) mass is 652 g/mol. The lowest BCUT2D eigenvalue weighted by atomic mass is 10.1. The molecule has 1 saturated heterocycles. The predicted octanol–water partition coefficient (Wildman–Crippen LogP) is 8.59. The third-order valence-electron chi connectivity index (χ3n) is 5.02. The largest absolute Gasteiger partial charge is 0.490 e. The Balaban J connectivity index is 1.75. The smallest absolute Gasteiger partial charge is 0.271 e. The highest BCUT2D eigenvalue weighted by molar-refractivity contribution is 14.1. The molecule has 0 unspecified atom stereocenters. The van der Waals surface area contributed by atoms with Crippen LogP contribution in [0.2, 0.25) is 10.0 Å². The van der Waals surface area contributed by atoms with Gasteiger partial charge in [-0.25, -0.2) is 4.99 Å². The van der Waals surface area contributed by atoms with Gasteiger partial charge in [0.05, 0.1) is 33.1 Å². The van der Waals surface area contributed by atoms with E-state index < -0.39 is 0 Å². The molecule has 36 heavy (non-hydrogen) atoms. The Kier molecular flexibility index (Phi) is 9.22. The van der Waals surface area contributed by atoms with E-state index in [1.165, 1.54) is 11.8 Å². The molecule has 0 atom stereocenters. The van der Waals surface area contributed by atoms with E-state index in [4.69, 9.17) is 37.7 Å². The number of aliphatic imine (C=N–C) groups is 1. The zero-order chi connectivity index (χ0) is 25.7.